The largest absolute Gasteiger partial charge is 0.310 e. The molecule has 2 nitrogen and oxygen atoms in total. The number of para-hydroxylation sites is 2. The number of rotatable bonds is 6. The molecule has 0 radical (unpaired) electrons. The summed E-state index contributed by atoms with van der Waals surface area (Å²) in [5.74, 6) is 0. The number of aromatic nitrogens is 1. The maximum atomic E-state index is 2.52. The fraction of sp³-hybridized carbons (Fsp3) is 0.0154. The van der Waals surface area contributed by atoms with Gasteiger partial charge in [-0.3, -0.25) is 0 Å². The Morgan fingerprint density at radius 1 is 0.328 bits per heavy atom. The third-order valence-corrected chi connectivity index (χ3v) is 14.6. The molecule has 0 saturated carbocycles. The van der Waals surface area contributed by atoms with Crippen LogP contribution in [0.15, 0.2) is 255 Å². The Bertz CT molecular complexity index is 3840. The molecule has 1 heterocycles. The van der Waals surface area contributed by atoms with E-state index in [9.17, 15) is 0 Å². The molecule has 12 aromatic rings. The van der Waals surface area contributed by atoms with Crippen molar-refractivity contribution in [1.29, 1.82) is 0 Å². The van der Waals surface area contributed by atoms with Crippen molar-refractivity contribution in [3.05, 3.63) is 277 Å². The van der Waals surface area contributed by atoms with Crippen molar-refractivity contribution in [3.63, 3.8) is 0 Å². The fourth-order valence-corrected chi connectivity index (χ4v) is 12.0. The number of anilines is 3. The lowest BCUT2D eigenvalue weighted by atomic mass is 9.70. The number of hydrogen-bond donors (Lipinski definition) is 0. The van der Waals surface area contributed by atoms with Gasteiger partial charge in [-0.1, -0.05) is 206 Å². The fourth-order valence-electron chi connectivity index (χ4n) is 12.0. The molecule has 0 fully saturated rings. The van der Waals surface area contributed by atoms with Crippen molar-refractivity contribution >= 4 is 49.6 Å². The molecule has 0 amide bonds. The summed E-state index contributed by atoms with van der Waals surface area (Å²) in [4.78, 5) is 2.52. The Morgan fingerprint density at radius 3 is 1.49 bits per heavy atom. The molecule has 11 aromatic carbocycles. The third-order valence-electron chi connectivity index (χ3n) is 14.6. The zero-order valence-corrected chi connectivity index (χ0v) is 36.6. The molecule has 312 valence electrons. The number of fused-ring (bicyclic) bond motifs is 14. The quantitative estimate of drug-likeness (QED) is 0.162. The van der Waals surface area contributed by atoms with E-state index in [1.165, 1.54) is 93.8 Å². The van der Waals surface area contributed by atoms with E-state index in [-0.39, 0.29) is 0 Å². The smallest absolute Gasteiger partial charge is 0.0726 e. The average Bonchev–Trinajstić information content (AvgIpc) is 4.01. The first-order chi connectivity index (χ1) is 33.3. The lowest BCUT2D eigenvalue weighted by molar-refractivity contribution is 0.794. The lowest BCUT2D eigenvalue weighted by Gasteiger charge is -2.32. The van der Waals surface area contributed by atoms with Gasteiger partial charge in [-0.2, -0.15) is 0 Å². The number of benzene rings is 11. The molecule has 0 bridgehead atoms. The Hall–Kier alpha value is -8.72. The summed E-state index contributed by atoms with van der Waals surface area (Å²) < 4.78 is 2.43. The van der Waals surface area contributed by atoms with Crippen LogP contribution < -0.4 is 4.90 Å². The van der Waals surface area contributed by atoms with Crippen LogP contribution in [-0.2, 0) is 5.41 Å². The Labute approximate surface area is 389 Å². The molecule has 1 aromatic heterocycles. The van der Waals surface area contributed by atoms with Gasteiger partial charge in [-0.15, -0.1) is 0 Å². The second-order valence-corrected chi connectivity index (χ2v) is 17.9. The molecule has 0 aliphatic heterocycles. The van der Waals surface area contributed by atoms with Crippen molar-refractivity contribution in [3.8, 4) is 50.2 Å². The molecular weight excluding hydrogens is 809 g/mol. The first-order valence-corrected chi connectivity index (χ1v) is 23.3. The molecule has 14 rings (SSSR count). The van der Waals surface area contributed by atoms with Gasteiger partial charge in [-0.25, -0.2) is 0 Å². The molecule has 2 heteroatoms. The second kappa shape index (κ2) is 14.7. The van der Waals surface area contributed by atoms with Crippen LogP contribution in [0.5, 0.6) is 0 Å². The van der Waals surface area contributed by atoms with E-state index in [4.69, 9.17) is 0 Å². The maximum absolute atomic E-state index is 2.52. The first kappa shape index (κ1) is 37.6. The van der Waals surface area contributed by atoms with E-state index in [1.54, 1.807) is 0 Å². The van der Waals surface area contributed by atoms with Gasteiger partial charge >= 0.3 is 0 Å². The van der Waals surface area contributed by atoms with Crippen LogP contribution in [0.1, 0.15) is 22.3 Å². The predicted octanol–water partition coefficient (Wildman–Crippen LogP) is 17.1. The standard InChI is InChI=1S/C65H42N2/c1-2-19-43(20-3-1)49-32-15-21-44-22-16-33-50(63(44)49)45-23-14-24-46(41-45)66(47-25-17-26-48(42-47)67-60-38-12-7-29-53(60)54-30-8-13-39-61(54)67)62-40-18-37-59-64(62)55-31-6-11-36-58(55)65(59)56-34-9-4-27-51(56)52-28-5-10-35-57(52)65/h1-42H. The summed E-state index contributed by atoms with van der Waals surface area (Å²) in [5, 5.41) is 4.97. The van der Waals surface area contributed by atoms with E-state index in [1.807, 2.05) is 0 Å². The number of hydrogen-bond acceptors (Lipinski definition) is 1. The van der Waals surface area contributed by atoms with Crippen LogP contribution in [0, 0.1) is 0 Å². The monoisotopic (exact) mass is 850 g/mol. The summed E-state index contributed by atoms with van der Waals surface area (Å²) in [5.41, 5.74) is 21.6. The highest BCUT2D eigenvalue weighted by Gasteiger charge is 2.52. The van der Waals surface area contributed by atoms with Gasteiger partial charge in [0.25, 0.3) is 0 Å². The summed E-state index contributed by atoms with van der Waals surface area (Å²) in [6.45, 7) is 0. The minimum absolute atomic E-state index is 0.468. The molecule has 0 saturated heterocycles. The predicted molar refractivity (Wildman–Crippen MR) is 280 cm³/mol. The Kier molecular flexibility index (Phi) is 8.23. The van der Waals surface area contributed by atoms with Crippen LogP contribution in [-0.4, -0.2) is 4.57 Å². The van der Waals surface area contributed by atoms with E-state index in [2.05, 4.69) is 264 Å². The molecule has 67 heavy (non-hydrogen) atoms. The highest BCUT2D eigenvalue weighted by Crippen LogP contribution is 2.64. The van der Waals surface area contributed by atoms with Gasteiger partial charge in [0, 0.05) is 33.4 Å². The molecule has 1 spiro atoms. The molecule has 0 N–H and O–H groups in total. The maximum Gasteiger partial charge on any atom is 0.0726 e. The van der Waals surface area contributed by atoms with Crippen molar-refractivity contribution in [2.75, 3.05) is 4.90 Å². The molecule has 2 aliphatic rings. The SMILES string of the molecule is c1ccc(-c2cccc3cccc(-c4cccc(N(c5cccc(-n6c7ccccc7c7ccccc76)c5)c5cccc6c5-c5ccccc5C65c6ccccc6-c6ccccc65)c4)c23)cc1. The highest BCUT2D eigenvalue weighted by molar-refractivity contribution is 6.10. The minimum atomic E-state index is -0.468. The molecule has 0 atom stereocenters. The summed E-state index contributed by atoms with van der Waals surface area (Å²) in [6.07, 6.45) is 0. The zero-order valence-electron chi connectivity index (χ0n) is 36.6. The van der Waals surface area contributed by atoms with Crippen molar-refractivity contribution in [2.24, 2.45) is 0 Å². The van der Waals surface area contributed by atoms with Gasteiger partial charge in [0.05, 0.1) is 22.1 Å². The topological polar surface area (TPSA) is 8.17 Å². The second-order valence-electron chi connectivity index (χ2n) is 17.9. The van der Waals surface area contributed by atoms with Crippen LogP contribution in [0.3, 0.4) is 0 Å². The minimum Gasteiger partial charge on any atom is -0.310 e. The van der Waals surface area contributed by atoms with Crippen molar-refractivity contribution in [1.82, 2.24) is 4.57 Å². The van der Waals surface area contributed by atoms with Gasteiger partial charge in [0.2, 0.25) is 0 Å². The molecule has 0 unspecified atom stereocenters. The van der Waals surface area contributed by atoms with E-state index in [0.717, 1.165) is 28.3 Å². The zero-order chi connectivity index (χ0) is 44.1. The Morgan fingerprint density at radius 2 is 0.806 bits per heavy atom. The van der Waals surface area contributed by atoms with E-state index >= 15 is 0 Å². The van der Waals surface area contributed by atoms with E-state index < -0.39 is 5.41 Å². The summed E-state index contributed by atoms with van der Waals surface area (Å²) >= 11 is 0. The van der Waals surface area contributed by atoms with Crippen molar-refractivity contribution in [2.45, 2.75) is 5.41 Å². The summed E-state index contributed by atoms with van der Waals surface area (Å²) in [7, 11) is 0. The van der Waals surface area contributed by atoms with Crippen LogP contribution in [0.25, 0.3) is 82.8 Å². The normalized spacial score (nSPS) is 12.9. The first-order valence-electron chi connectivity index (χ1n) is 23.3. The van der Waals surface area contributed by atoms with Crippen LogP contribution in [0.4, 0.5) is 17.1 Å². The number of nitrogens with zero attached hydrogens (tertiary/aromatic N) is 2. The highest BCUT2D eigenvalue weighted by atomic mass is 15.1. The van der Waals surface area contributed by atoms with Crippen LogP contribution in [0.2, 0.25) is 0 Å². The van der Waals surface area contributed by atoms with Gasteiger partial charge in [-0.05, 0) is 121 Å². The Balaban J connectivity index is 1.04. The molecule has 2 aliphatic carbocycles. The third kappa shape index (κ3) is 5.39. The van der Waals surface area contributed by atoms with E-state index in [0.29, 0.717) is 0 Å². The van der Waals surface area contributed by atoms with Gasteiger partial charge < -0.3 is 9.47 Å². The van der Waals surface area contributed by atoms with Gasteiger partial charge in [0.15, 0.2) is 0 Å². The average molecular weight is 851 g/mol. The molecular formula is C65H42N2. The van der Waals surface area contributed by atoms with Gasteiger partial charge in [0.1, 0.15) is 0 Å². The van der Waals surface area contributed by atoms with Crippen molar-refractivity contribution < 1.29 is 0 Å². The lowest BCUT2D eigenvalue weighted by Crippen LogP contribution is -2.26. The van der Waals surface area contributed by atoms with Crippen LogP contribution >= 0.6 is 0 Å². The summed E-state index contributed by atoms with van der Waals surface area (Å²) in [6, 6.07) is 94.4.